The summed E-state index contributed by atoms with van der Waals surface area (Å²) >= 11 is 0. The van der Waals surface area contributed by atoms with E-state index in [-0.39, 0.29) is 24.3 Å². The van der Waals surface area contributed by atoms with Crippen LogP contribution in [-0.4, -0.2) is 71.7 Å². The summed E-state index contributed by atoms with van der Waals surface area (Å²) in [6, 6.07) is 6.04. The van der Waals surface area contributed by atoms with Gasteiger partial charge in [-0.25, -0.2) is 13.9 Å². The molecule has 0 fully saturated rings. The molecule has 2 rings (SSSR count). The number of benzene rings is 2. The van der Waals surface area contributed by atoms with E-state index in [0.717, 1.165) is 0 Å². The summed E-state index contributed by atoms with van der Waals surface area (Å²) in [4.78, 5) is 84.0. The van der Waals surface area contributed by atoms with Crippen molar-refractivity contribution in [3.63, 3.8) is 0 Å². The van der Waals surface area contributed by atoms with Gasteiger partial charge in [-0.3, -0.25) is 34.0 Å². The Morgan fingerprint density at radius 3 is 1.55 bits per heavy atom. The number of carbonyl (C=O) groups excluding carboxylic acids is 2. The molecular weight excluding hydrogens is 604 g/mol. The third kappa shape index (κ3) is 12.8. The van der Waals surface area contributed by atoms with Crippen LogP contribution in [0.1, 0.15) is 24.0 Å². The van der Waals surface area contributed by atoms with Crippen LogP contribution in [0.2, 0.25) is 0 Å². The van der Waals surface area contributed by atoms with Crippen LogP contribution in [0, 0.1) is 0 Å². The molecule has 0 aromatic heterocycles. The van der Waals surface area contributed by atoms with Crippen LogP contribution >= 0.6 is 15.6 Å². The molecule has 3 atom stereocenters. The molecule has 2 amide bonds. The van der Waals surface area contributed by atoms with E-state index in [2.05, 4.69) is 19.7 Å². The fourth-order valence-corrected chi connectivity index (χ4v) is 4.31. The average Bonchev–Trinajstić information content (AvgIpc) is 2.86. The lowest BCUT2D eigenvalue weighted by molar-refractivity contribution is -0.143. The van der Waals surface area contributed by atoms with Gasteiger partial charge in [-0.2, -0.15) is 0 Å². The zero-order chi connectivity index (χ0) is 31.7. The Morgan fingerprint density at radius 2 is 1.14 bits per heavy atom. The number of amides is 2. The third-order valence-electron chi connectivity index (χ3n) is 5.42. The van der Waals surface area contributed by atoms with Crippen LogP contribution in [0.15, 0.2) is 48.5 Å². The van der Waals surface area contributed by atoms with Crippen LogP contribution < -0.4 is 25.4 Å². The summed E-state index contributed by atoms with van der Waals surface area (Å²) in [6.45, 7) is 0. The predicted molar refractivity (Wildman–Crippen MR) is 142 cm³/mol. The number of rotatable bonds is 16. The molecule has 10 N–H and O–H groups in total. The summed E-state index contributed by atoms with van der Waals surface area (Å²) in [7, 11) is -9.57. The highest BCUT2D eigenvalue weighted by atomic mass is 31.2. The summed E-state index contributed by atoms with van der Waals surface area (Å²) in [5, 5.41) is 23.2. The van der Waals surface area contributed by atoms with Gasteiger partial charge in [-0.15, -0.1) is 0 Å². The second-order valence-electron chi connectivity index (χ2n) is 8.86. The van der Waals surface area contributed by atoms with Crippen molar-refractivity contribution in [3.8, 4) is 11.5 Å². The van der Waals surface area contributed by atoms with E-state index in [1.54, 1.807) is 0 Å². The van der Waals surface area contributed by atoms with Crippen molar-refractivity contribution in [2.45, 2.75) is 43.8 Å². The molecular formula is C23H29N3O14P2. The maximum absolute atomic E-state index is 12.9. The second kappa shape index (κ2) is 14.9. The molecule has 0 unspecified atom stereocenters. The number of carboxylic acids is 2. The SMILES string of the molecule is N[C@@H](Cc1ccc(OP(=O)(O)O)cc1)C(=O)N[C@@H](CCC(=O)O)C(=O)N[C@@H](Cc1ccc(OP(=O)(O)O)cc1)C(=O)O. The highest BCUT2D eigenvalue weighted by molar-refractivity contribution is 7.47. The molecule has 0 spiro atoms. The molecule has 0 heterocycles. The lowest BCUT2D eigenvalue weighted by atomic mass is 10.0. The largest absolute Gasteiger partial charge is 0.524 e. The minimum absolute atomic E-state index is 0.0885. The van der Waals surface area contributed by atoms with Crippen molar-refractivity contribution < 1.29 is 67.1 Å². The normalized spacial score (nSPS) is 13.7. The standard InChI is InChI=1S/C23H29N3O14P2/c24-17(11-13-1-5-15(6-2-13)39-41(33,34)35)21(29)25-18(9-10-20(27)28)22(30)26-19(23(31)32)12-14-3-7-16(8-4-14)40-42(36,37)38/h1-8,17-19H,9-12,24H2,(H,25,29)(H,26,30)(H,27,28)(H,31,32)(H2,33,34,35)(H2,36,37,38)/t17-,18-,19-/m0/s1. The van der Waals surface area contributed by atoms with Crippen LogP contribution in [0.3, 0.4) is 0 Å². The quantitative estimate of drug-likeness (QED) is 0.107. The maximum Gasteiger partial charge on any atom is 0.524 e. The fraction of sp³-hybridized carbons (Fsp3) is 0.304. The van der Waals surface area contributed by atoms with Gasteiger partial charge in [0.2, 0.25) is 11.8 Å². The van der Waals surface area contributed by atoms with Crippen LogP contribution in [-0.2, 0) is 41.1 Å². The van der Waals surface area contributed by atoms with E-state index in [9.17, 15) is 33.4 Å². The van der Waals surface area contributed by atoms with Crippen molar-refractivity contribution in [2.24, 2.45) is 5.73 Å². The van der Waals surface area contributed by atoms with E-state index < -0.39 is 70.4 Å². The summed E-state index contributed by atoms with van der Waals surface area (Å²) in [6.07, 6.45) is -1.31. The maximum atomic E-state index is 12.9. The van der Waals surface area contributed by atoms with Gasteiger partial charge in [0.05, 0.1) is 6.04 Å². The van der Waals surface area contributed by atoms with Crippen molar-refractivity contribution >= 4 is 39.4 Å². The van der Waals surface area contributed by atoms with Gasteiger partial charge < -0.3 is 35.6 Å². The number of phosphoric ester groups is 2. The van der Waals surface area contributed by atoms with Crippen molar-refractivity contribution in [2.75, 3.05) is 0 Å². The molecule has 42 heavy (non-hydrogen) atoms. The topological polar surface area (TPSA) is 292 Å². The van der Waals surface area contributed by atoms with Crippen molar-refractivity contribution in [3.05, 3.63) is 59.7 Å². The number of carbonyl (C=O) groups is 4. The first kappa shape index (κ1) is 34.4. The van der Waals surface area contributed by atoms with E-state index in [4.69, 9.17) is 30.4 Å². The Hall–Kier alpha value is -3.82. The molecule has 2 aromatic carbocycles. The number of carboxylic acid groups (broad SMARTS) is 2. The number of hydrogen-bond donors (Lipinski definition) is 9. The van der Waals surface area contributed by atoms with Gasteiger partial charge in [-0.1, -0.05) is 24.3 Å². The molecule has 0 aliphatic heterocycles. The molecule has 0 aliphatic carbocycles. The van der Waals surface area contributed by atoms with Gasteiger partial charge in [0.15, 0.2) is 0 Å². The summed E-state index contributed by atoms with van der Waals surface area (Å²) < 4.78 is 30.7. The number of nitrogens with two attached hydrogens (primary N) is 1. The minimum Gasteiger partial charge on any atom is -0.481 e. The number of aliphatic carboxylic acids is 2. The number of nitrogens with one attached hydrogen (secondary N) is 2. The smallest absolute Gasteiger partial charge is 0.481 e. The Kier molecular flexibility index (Phi) is 12.2. The molecule has 0 saturated heterocycles. The molecule has 0 radical (unpaired) electrons. The molecule has 0 aliphatic rings. The lowest BCUT2D eigenvalue weighted by Crippen LogP contribution is -2.55. The monoisotopic (exact) mass is 633 g/mol. The highest BCUT2D eigenvalue weighted by Crippen LogP contribution is 2.38. The van der Waals surface area contributed by atoms with Crippen molar-refractivity contribution in [1.29, 1.82) is 0 Å². The van der Waals surface area contributed by atoms with Gasteiger partial charge in [0, 0.05) is 12.8 Å². The molecule has 0 bridgehead atoms. The summed E-state index contributed by atoms with van der Waals surface area (Å²) in [5.41, 5.74) is 6.73. The summed E-state index contributed by atoms with van der Waals surface area (Å²) in [5.74, 6) is -4.90. The first-order valence-corrected chi connectivity index (χ1v) is 15.0. The fourth-order valence-electron chi connectivity index (χ4n) is 3.52. The first-order chi connectivity index (χ1) is 19.4. The molecule has 2 aromatic rings. The molecule has 17 nitrogen and oxygen atoms in total. The Bertz CT molecular complexity index is 1360. The van der Waals surface area contributed by atoms with E-state index in [0.29, 0.717) is 11.1 Å². The molecule has 19 heteroatoms. The molecule has 230 valence electrons. The third-order valence-corrected chi connectivity index (χ3v) is 6.32. The van der Waals surface area contributed by atoms with Gasteiger partial charge >= 0.3 is 27.6 Å². The van der Waals surface area contributed by atoms with Gasteiger partial charge in [0.25, 0.3) is 0 Å². The van der Waals surface area contributed by atoms with Crippen LogP contribution in [0.25, 0.3) is 0 Å². The Balaban J connectivity index is 2.08. The van der Waals surface area contributed by atoms with E-state index in [1.165, 1.54) is 48.5 Å². The van der Waals surface area contributed by atoms with Gasteiger partial charge in [0.1, 0.15) is 23.6 Å². The zero-order valence-electron chi connectivity index (χ0n) is 21.6. The number of hydrogen-bond acceptors (Lipinski definition) is 9. The van der Waals surface area contributed by atoms with E-state index >= 15 is 0 Å². The zero-order valence-corrected chi connectivity index (χ0v) is 23.4. The Morgan fingerprint density at radius 1 is 0.714 bits per heavy atom. The Labute approximate surface area is 238 Å². The predicted octanol–water partition coefficient (Wildman–Crippen LogP) is -0.339. The van der Waals surface area contributed by atoms with Crippen molar-refractivity contribution in [1.82, 2.24) is 10.6 Å². The number of phosphoric acid groups is 2. The molecule has 0 saturated carbocycles. The van der Waals surface area contributed by atoms with Crippen LogP contribution in [0.5, 0.6) is 11.5 Å². The highest BCUT2D eigenvalue weighted by Gasteiger charge is 2.29. The van der Waals surface area contributed by atoms with Gasteiger partial charge in [-0.05, 0) is 48.2 Å². The first-order valence-electron chi connectivity index (χ1n) is 11.9. The minimum atomic E-state index is -4.81. The van der Waals surface area contributed by atoms with E-state index in [1.807, 2.05) is 0 Å². The average molecular weight is 633 g/mol. The lowest BCUT2D eigenvalue weighted by Gasteiger charge is -2.23. The van der Waals surface area contributed by atoms with Crippen LogP contribution in [0.4, 0.5) is 0 Å². The second-order valence-corrected chi connectivity index (χ2v) is 11.2.